The van der Waals surface area contributed by atoms with E-state index in [4.69, 9.17) is 0 Å². The van der Waals surface area contributed by atoms with Crippen molar-refractivity contribution in [2.75, 3.05) is 26.0 Å². The minimum absolute atomic E-state index is 0.0495. The van der Waals surface area contributed by atoms with Crippen LogP contribution in [0.15, 0.2) is 73.1 Å². The van der Waals surface area contributed by atoms with Gasteiger partial charge in [0, 0.05) is 23.0 Å². The molecule has 0 aliphatic heterocycles. The molecule has 0 aliphatic carbocycles. The van der Waals surface area contributed by atoms with Gasteiger partial charge in [-0.15, -0.1) is 0 Å². The van der Waals surface area contributed by atoms with Gasteiger partial charge in [0.1, 0.15) is 0 Å². The van der Waals surface area contributed by atoms with Crippen LogP contribution in [-0.2, 0) is 4.79 Å². The molecule has 140 valence electrons. The molecule has 4 rings (SSSR count). The number of likely N-dealkylation sites (N-methyl/N-ethyl adjacent to an activating group) is 1. The van der Waals surface area contributed by atoms with Gasteiger partial charge in [0.05, 0.1) is 18.4 Å². The first kappa shape index (κ1) is 17.9. The van der Waals surface area contributed by atoms with Gasteiger partial charge in [0.15, 0.2) is 5.65 Å². The third kappa shape index (κ3) is 3.63. The summed E-state index contributed by atoms with van der Waals surface area (Å²) in [7, 11) is 3.73. The van der Waals surface area contributed by atoms with Crippen LogP contribution in [0.4, 0.5) is 5.69 Å². The van der Waals surface area contributed by atoms with Crippen molar-refractivity contribution in [1.82, 2.24) is 19.5 Å². The average molecular weight is 371 g/mol. The number of amides is 1. The first-order valence-electron chi connectivity index (χ1n) is 9.05. The van der Waals surface area contributed by atoms with Crippen molar-refractivity contribution >= 4 is 17.2 Å². The molecule has 0 radical (unpaired) electrons. The van der Waals surface area contributed by atoms with Crippen LogP contribution in [0.1, 0.15) is 0 Å². The fourth-order valence-corrected chi connectivity index (χ4v) is 3.17. The predicted octanol–water partition coefficient (Wildman–Crippen LogP) is 3.56. The van der Waals surface area contributed by atoms with Crippen LogP contribution < -0.4 is 5.32 Å². The number of carbonyl (C=O) groups is 1. The molecule has 0 unspecified atom stereocenters. The molecule has 6 nitrogen and oxygen atoms in total. The zero-order valence-corrected chi connectivity index (χ0v) is 15.8. The molecule has 0 aliphatic rings. The Morgan fingerprint density at radius 3 is 2.61 bits per heavy atom. The highest BCUT2D eigenvalue weighted by molar-refractivity contribution is 5.93. The van der Waals surface area contributed by atoms with Crippen LogP contribution in [0, 0.1) is 0 Å². The van der Waals surface area contributed by atoms with Crippen LogP contribution in [0.2, 0.25) is 0 Å². The van der Waals surface area contributed by atoms with Crippen molar-refractivity contribution < 1.29 is 4.79 Å². The van der Waals surface area contributed by atoms with Crippen molar-refractivity contribution in [3.63, 3.8) is 0 Å². The number of aromatic nitrogens is 3. The minimum Gasteiger partial charge on any atom is -0.325 e. The summed E-state index contributed by atoms with van der Waals surface area (Å²) in [5, 5.41) is 7.49. The summed E-state index contributed by atoms with van der Waals surface area (Å²) in [5.41, 5.74) is 5.46. The van der Waals surface area contributed by atoms with Crippen LogP contribution in [0.3, 0.4) is 0 Å². The summed E-state index contributed by atoms with van der Waals surface area (Å²) in [6.07, 6.45) is 3.61. The molecule has 0 bridgehead atoms. The fraction of sp³-hybridized carbons (Fsp3) is 0.136. The second-order valence-corrected chi connectivity index (χ2v) is 6.86. The highest BCUT2D eigenvalue weighted by Crippen LogP contribution is 2.28. The van der Waals surface area contributed by atoms with E-state index >= 15 is 0 Å². The van der Waals surface area contributed by atoms with Gasteiger partial charge in [-0.3, -0.25) is 4.79 Å². The quantitative estimate of drug-likeness (QED) is 0.583. The monoisotopic (exact) mass is 371 g/mol. The first-order chi connectivity index (χ1) is 13.6. The topological polar surface area (TPSA) is 62.5 Å². The van der Waals surface area contributed by atoms with E-state index in [-0.39, 0.29) is 5.91 Å². The molecule has 1 amide bonds. The van der Waals surface area contributed by atoms with Gasteiger partial charge in [0.2, 0.25) is 5.91 Å². The second-order valence-electron chi connectivity index (χ2n) is 6.86. The van der Waals surface area contributed by atoms with Gasteiger partial charge >= 0.3 is 0 Å². The largest absolute Gasteiger partial charge is 0.325 e. The lowest BCUT2D eigenvalue weighted by Gasteiger charge is -2.11. The van der Waals surface area contributed by atoms with Gasteiger partial charge in [-0.05, 0) is 37.9 Å². The van der Waals surface area contributed by atoms with Gasteiger partial charge in [-0.1, -0.05) is 42.5 Å². The lowest BCUT2D eigenvalue weighted by Crippen LogP contribution is -2.27. The van der Waals surface area contributed by atoms with E-state index in [0.717, 1.165) is 33.7 Å². The Labute approximate surface area is 163 Å². The maximum absolute atomic E-state index is 12.1. The molecular weight excluding hydrogens is 350 g/mol. The van der Waals surface area contributed by atoms with Crippen molar-refractivity contribution in [2.24, 2.45) is 0 Å². The smallest absolute Gasteiger partial charge is 0.238 e. The number of hydrogen-bond donors (Lipinski definition) is 1. The number of carbonyl (C=O) groups excluding carboxylic acids is 1. The molecular formula is C22H21N5O. The highest BCUT2D eigenvalue weighted by Gasteiger charge is 2.12. The fourth-order valence-electron chi connectivity index (χ4n) is 3.17. The Morgan fingerprint density at radius 1 is 1.04 bits per heavy atom. The van der Waals surface area contributed by atoms with Crippen molar-refractivity contribution in [2.45, 2.75) is 0 Å². The molecule has 0 saturated heterocycles. The first-order valence-corrected chi connectivity index (χ1v) is 9.05. The third-order valence-electron chi connectivity index (χ3n) is 4.39. The number of anilines is 1. The maximum Gasteiger partial charge on any atom is 0.238 e. The molecule has 6 heteroatoms. The molecule has 2 aromatic carbocycles. The second kappa shape index (κ2) is 7.62. The van der Waals surface area contributed by atoms with E-state index in [9.17, 15) is 4.79 Å². The van der Waals surface area contributed by atoms with Crippen molar-refractivity contribution in [1.29, 1.82) is 0 Å². The standard InChI is InChI=1S/C22H21N5O/c1-26(2)15-21(28)25-18-10-6-9-17(13-18)19-14-24-27-20(11-12-23-22(19)27)16-7-4-3-5-8-16/h3-14H,15H2,1-2H3,(H,25,28). The number of fused-ring (bicyclic) bond motifs is 1. The third-order valence-corrected chi connectivity index (χ3v) is 4.39. The summed E-state index contributed by atoms with van der Waals surface area (Å²) in [4.78, 5) is 18.4. The molecule has 0 saturated carbocycles. The Bertz CT molecular complexity index is 1120. The maximum atomic E-state index is 12.1. The number of nitrogens with one attached hydrogen (secondary N) is 1. The molecule has 1 N–H and O–H groups in total. The lowest BCUT2D eigenvalue weighted by molar-refractivity contribution is -0.116. The molecule has 2 heterocycles. The zero-order valence-electron chi connectivity index (χ0n) is 15.8. The molecule has 0 fully saturated rings. The minimum atomic E-state index is -0.0495. The van der Waals surface area contributed by atoms with Crippen LogP contribution >= 0.6 is 0 Å². The Balaban J connectivity index is 1.71. The SMILES string of the molecule is CN(C)CC(=O)Nc1cccc(-c2cnn3c(-c4ccccc4)ccnc23)c1. The summed E-state index contributed by atoms with van der Waals surface area (Å²) in [5.74, 6) is -0.0495. The van der Waals surface area contributed by atoms with Crippen molar-refractivity contribution in [3.05, 3.63) is 73.1 Å². The van der Waals surface area contributed by atoms with E-state index in [1.54, 1.807) is 6.20 Å². The summed E-state index contributed by atoms with van der Waals surface area (Å²) >= 11 is 0. The predicted molar refractivity (Wildman–Crippen MR) is 111 cm³/mol. The van der Waals surface area contributed by atoms with Crippen LogP contribution in [0.5, 0.6) is 0 Å². The number of hydrogen-bond acceptors (Lipinski definition) is 4. The van der Waals surface area contributed by atoms with Gasteiger partial charge in [-0.2, -0.15) is 5.10 Å². The lowest BCUT2D eigenvalue weighted by atomic mass is 10.1. The average Bonchev–Trinajstić information content (AvgIpc) is 3.12. The van der Waals surface area contributed by atoms with E-state index in [2.05, 4.69) is 27.5 Å². The van der Waals surface area contributed by atoms with Gasteiger partial charge in [-0.25, -0.2) is 9.50 Å². The molecule has 28 heavy (non-hydrogen) atoms. The van der Waals surface area contributed by atoms with Crippen molar-refractivity contribution in [3.8, 4) is 22.4 Å². The zero-order chi connectivity index (χ0) is 19.5. The molecule has 0 spiro atoms. The van der Waals surface area contributed by atoms with Crippen LogP contribution in [0.25, 0.3) is 28.0 Å². The molecule has 2 aromatic heterocycles. The summed E-state index contributed by atoms with van der Waals surface area (Å²) < 4.78 is 1.85. The Morgan fingerprint density at radius 2 is 1.82 bits per heavy atom. The van der Waals surface area contributed by atoms with E-state index < -0.39 is 0 Å². The number of benzene rings is 2. The van der Waals surface area contributed by atoms with E-state index in [1.165, 1.54) is 0 Å². The number of rotatable bonds is 5. The molecule has 4 aromatic rings. The van der Waals surface area contributed by atoms with Gasteiger partial charge < -0.3 is 10.2 Å². The highest BCUT2D eigenvalue weighted by atomic mass is 16.2. The van der Waals surface area contributed by atoms with Crippen LogP contribution in [-0.4, -0.2) is 46.0 Å². The van der Waals surface area contributed by atoms with E-state index in [1.807, 2.05) is 78.2 Å². The Kier molecular flexibility index (Phi) is 4.87. The van der Waals surface area contributed by atoms with E-state index in [0.29, 0.717) is 6.54 Å². The summed E-state index contributed by atoms with van der Waals surface area (Å²) in [6.45, 7) is 0.336. The normalized spacial score (nSPS) is 11.1. The summed E-state index contributed by atoms with van der Waals surface area (Å²) in [6, 6.07) is 19.8. The number of nitrogens with zero attached hydrogens (tertiary/aromatic N) is 4. The Hall–Kier alpha value is -3.51. The molecule has 0 atom stereocenters. The van der Waals surface area contributed by atoms with Gasteiger partial charge in [0.25, 0.3) is 0 Å².